The molecule has 0 bridgehead atoms. The first-order valence-corrected chi connectivity index (χ1v) is 12.5. The number of carbonyl (C=O) groups is 2. The van der Waals surface area contributed by atoms with E-state index < -0.39 is 0 Å². The summed E-state index contributed by atoms with van der Waals surface area (Å²) in [5.41, 5.74) is 2.53. The highest BCUT2D eigenvalue weighted by Crippen LogP contribution is 2.37. The molecule has 9 heteroatoms. The molecule has 0 saturated heterocycles. The topological polar surface area (TPSA) is 169 Å². The molecule has 0 spiro atoms. The molecule has 1 N–H and O–H groups in total. The molecule has 0 aromatic heterocycles. The molecule has 0 aromatic carbocycles. The maximum atomic E-state index is 11.4. The molecule has 2 aliphatic rings. The monoisotopic (exact) mass is 505 g/mol. The highest BCUT2D eigenvalue weighted by molar-refractivity contribution is 5.64. The zero-order valence-corrected chi connectivity index (χ0v) is 21.1. The predicted molar refractivity (Wildman–Crippen MR) is 136 cm³/mol. The summed E-state index contributed by atoms with van der Waals surface area (Å²) in [5.74, 6) is -0.714. The molecule has 0 saturated carbocycles. The summed E-state index contributed by atoms with van der Waals surface area (Å²) in [7, 11) is 0. The Kier molecular flexibility index (Phi) is 11.7. The molecule has 9 nitrogen and oxygen atoms in total. The molecular formula is C29H27N7O2. The molecule has 0 fully saturated rings. The molecule has 190 valence electrons. The largest absolute Gasteiger partial charge is 0.387 e. The first-order valence-electron chi connectivity index (χ1n) is 12.5. The standard InChI is InChI=1S/C29H27N7O2/c1-35-29(17-34)25-11-21(19-38)12-28(27(25)16-33)36-8-6-4-2-3-5-7-22-9-20(18-37)10-24(26(22)15-32)23(13-30)14-31/h18-21,36H,2-12H2/b29-25+. The summed E-state index contributed by atoms with van der Waals surface area (Å²) in [6.45, 7) is 7.78. The molecule has 2 unspecified atom stereocenters. The number of nitriles is 5. The summed E-state index contributed by atoms with van der Waals surface area (Å²) < 4.78 is 0. The highest BCUT2D eigenvalue weighted by atomic mass is 16.1. The van der Waals surface area contributed by atoms with E-state index in [1.165, 1.54) is 0 Å². The van der Waals surface area contributed by atoms with Crippen LogP contribution in [0, 0.1) is 75.1 Å². The second-order valence-corrected chi connectivity index (χ2v) is 9.24. The van der Waals surface area contributed by atoms with Gasteiger partial charge in [0, 0.05) is 24.1 Å². The Labute approximate surface area is 223 Å². The van der Waals surface area contributed by atoms with E-state index in [0.717, 1.165) is 50.2 Å². The molecule has 0 radical (unpaired) electrons. The third-order valence-corrected chi connectivity index (χ3v) is 6.80. The lowest BCUT2D eigenvalue weighted by Crippen LogP contribution is -2.24. The van der Waals surface area contributed by atoms with Crippen LogP contribution in [-0.2, 0) is 9.59 Å². The van der Waals surface area contributed by atoms with E-state index in [1.807, 2.05) is 18.2 Å². The van der Waals surface area contributed by atoms with Crippen LogP contribution >= 0.6 is 0 Å². The van der Waals surface area contributed by atoms with Gasteiger partial charge in [-0.1, -0.05) is 24.8 Å². The van der Waals surface area contributed by atoms with Gasteiger partial charge in [0.2, 0.25) is 0 Å². The van der Waals surface area contributed by atoms with E-state index in [4.69, 9.17) is 6.57 Å². The van der Waals surface area contributed by atoms with Gasteiger partial charge in [0.05, 0.1) is 35.9 Å². The predicted octanol–water partition coefficient (Wildman–Crippen LogP) is 4.77. The van der Waals surface area contributed by atoms with Gasteiger partial charge in [-0.15, -0.1) is 0 Å². The molecular weight excluding hydrogens is 478 g/mol. The normalized spacial score (nSPS) is 20.0. The van der Waals surface area contributed by atoms with Crippen LogP contribution in [0.2, 0.25) is 0 Å². The van der Waals surface area contributed by atoms with Gasteiger partial charge in [0.25, 0.3) is 5.70 Å². The van der Waals surface area contributed by atoms with E-state index >= 15 is 0 Å². The lowest BCUT2D eigenvalue weighted by molar-refractivity contribution is -0.111. The fourth-order valence-electron chi connectivity index (χ4n) is 4.91. The number of nitrogens with one attached hydrogen (secondary N) is 1. The molecule has 38 heavy (non-hydrogen) atoms. The van der Waals surface area contributed by atoms with Crippen molar-refractivity contribution in [2.75, 3.05) is 6.54 Å². The van der Waals surface area contributed by atoms with Crippen LogP contribution in [0.5, 0.6) is 0 Å². The van der Waals surface area contributed by atoms with Crippen molar-refractivity contribution >= 4 is 12.6 Å². The molecule has 0 aliphatic heterocycles. The molecule has 2 atom stereocenters. The zero-order chi connectivity index (χ0) is 27.9. The Hall–Kier alpha value is -4.96. The van der Waals surface area contributed by atoms with Crippen molar-refractivity contribution in [2.24, 2.45) is 11.8 Å². The van der Waals surface area contributed by atoms with Gasteiger partial charge in [-0.3, -0.25) is 0 Å². The lowest BCUT2D eigenvalue weighted by atomic mass is 9.78. The molecule has 0 heterocycles. The number of hydrogen-bond acceptors (Lipinski definition) is 8. The van der Waals surface area contributed by atoms with Gasteiger partial charge in [0.1, 0.15) is 30.3 Å². The van der Waals surface area contributed by atoms with Gasteiger partial charge in [0.15, 0.2) is 0 Å². The molecule has 0 amide bonds. The first-order chi connectivity index (χ1) is 18.5. The number of nitrogens with zero attached hydrogens (tertiary/aromatic N) is 6. The average Bonchev–Trinajstić information content (AvgIpc) is 2.95. The molecule has 2 rings (SSSR count). The van der Waals surface area contributed by atoms with Crippen LogP contribution in [0.1, 0.15) is 64.2 Å². The Balaban J connectivity index is 1.92. The van der Waals surface area contributed by atoms with Crippen LogP contribution in [0.4, 0.5) is 0 Å². The third-order valence-electron chi connectivity index (χ3n) is 6.80. The first kappa shape index (κ1) is 29.3. The SMILES string of the molecule is [C-]#[N+]/C(C#N)=C1\CC(C=O)CC(NCCCCCCCC2=C(C#N)C(=C(C#N)C#N)CC(C=O)C2)=C1C#N. The third kappa shape index (κ3) is 7.28. The number of allylic oxidation sites excluding steroid dienone is 8. The fraction of sp³-hybridized carbons (Fsp3) is 0.448. The summed E-state index contributed by atoms with van der Waals surface area (Å²) in [6, 6.07) is 9.74. The number of hydrogen-bond donors (Lipinski definition) is 1. The van der Waals surface area contributed by atoms with E-state index in [0.29, 0.717) is 48.2 Å². The highest BCUT2D eigenvalue weighted by Gasteiger charge is 2.28. The van der Waals surface area contributed by atoms with Gasteiger partial charge in [-0.05, 0) is 56.1 Å². The van der Waals surface area contributed by atoms with Crippen molar-refractivity contribution < 1.29 is 9.59 Å². The minimum absolute atomic E-state index is 0.106. The van der Waals surface area contributed by atoms with E-state index in [9.17, 15) is 35.9 Å². The van der Waals surface area contributed by atoms with Crippen molar-refractivity contribution in [1.29, 1.82) is 26.3 Å². The van der Waals surface area contributed by atoms with Gasteiger partial charge >= 0.3 is 0 Å². The Morgan fingerprint density at radius 3 is 2.00 bits per heavy atom. The van der Waals surface area contributed by atoms with Gasteiger partial charge in [-0.25, -0.2) is 10.1 Å². The van der Waals surface area contributed by atoms with Crippen molar-refractivity contribution in [3.8, 4) is 30.3 Å². The molecule has 0 aromatic rings. The number of unbranched alkanes of at least 4 members (excludes halogenated alkanes) is 4. The fourth-order valence-corrected chi connectivity index (χ4v) is 4.91. The summed E-state index contributed by atoms with van der Waals surface area (Å²) in [6.07, 6.45) is 7.93. The van der Waals surface area contributed by atoms with Crippen LogP contribution in [0.3, 0.4) is 0 Å². The number of carbonyl (C=O) groups excluding carboxylic acids is 2. The van der Waals surface area contributed by atoms with Crippen molar-refractivity contribution in [3.63, 3.8) is 0 Å². The summed E-state index contributed by atoms with van der Waals surface area (Å²) >= 11 is 0. The Morgan fingerprint density at radius 1 is 0.816 bits per heavy atom. The average molecular weight is 506 g/mol. The van der Waals surface area contributed by atoms with E-state index in [2.05, 4.69) is 22.3 Å². The maximum absolute atomic E-state index is 11.4. The lowest BCUT2D eigenvalue weighted by Gasteiger charge is -2.24. The minimum Gasteiger partial charge on any atom is -0.387 e. The van der Waals surface area contributed by atoms with Crippen LogP contribution in [0.15, 0.2) is 44.8 Å². The van der Waals surface area contributed by atoms with Crippen molar-refractivity contribution in [3.05, 3.63) is 56.2 Å². The second kappa shape index (κ2) is 15.2. The van der Waals surface area contributed by atoms with Gasteiger partial charge in [-0.2, -0.15) is 21.0 Å². The number of aldehydes is 2. The van der Waals surface area contributed by atoms with E-state index in [-0.39, 0.29) is 41.5 Å². The van der Waals surface area contributed by atoms with E-state index in [1.54, 1.807) is 0 Å². The Morgan fingerprint density at radius 2 is 1.42 bits per heavy atom. The second-order valence-electron chi connectivity index (χ2n) is 9.24. The minimum atomic E-state index is -0.381. The van der Waals surface area contributed by atoms with Gasteiger partial charge < -0.3 is 14.9 Å². The van der Waals surface area contributed by atoms with Crippen molar-refractivity contribution in [1.82, 2.24) is 5.32 Å². The van der Waals surface area contributed by atoms with Crippen LogP contribution < -0.4 is 5.32 Å². The maximum Gasteiger partial charge on any atom is 0.266 e. The smallest absolute Gasteiger partial charge is 0.266 e. The summed E-state index contributed by atoms with van der Waals surface area (Å²) in [5, 5.41) is 50.2. The van der Waals surface area contributed by atoms with Crippen molar-refractivity contribution in [2.45, 2.75) is 64.2 Å². The van der Waals surface area contributed by atoms with Crippen LogP contribution in [-0.4, -0.2) is 19.1 Å². The molecule has 2 aliphatic carbocycles. The Bertz CT molecular complexity index is 1200. The number of rotatable bonds is 11. The quantitative estimate of drug-likeness (QED) is 0.181. The zero-order valence-electron chi connectivity index (χ0n) is 21.1. The summed E-state index contributed by atoms with van der Waals surface area (Å²) in [4.78, 5) is 26.0. The van der Waals surface area contributed by atoms with Crippen LogP contribution in [0.25, 0.3) is 4.85 Å².